The zero-order valence-electron chi connectivity index (χ0n) is 10.4. The number of hydrogen-bond acceptors (Lipinski definition) is 3. The van der Waals surface area contributed by atoms with Crippen molar-refractivity contribution in [3.63, 3.8) is 0 Å². The second-order valence-corrected chi connectivity index (χ2v) is 4.73. The van der Waals surface area contributed by atoms with Gasteiger partial charge in [-0.15, -0.1) is 0 Å². The van der Waals surface area contributed by atoms with Crippen LogP contribution in [0, 0.1) is 0 Å². The molecule has 1 atom stereocenters. The Morgan fingerprint density at radius 2 is 2.35 bits per heavy atom. The van der Waals surface area contributed by atoms with E-state index in [0.717, 1.165) is 42.5 Å². The number of ether oxygens (including phenoxy) is 1. The number of methoxy groups -OCH3 is 1. The highest BCUT2D eigenvalue weighted by molar-refractivity contribution is 6.33. The molecule has 2 rings (SSSR count). The van der Waals surface area contributed by atoms with E-state index in [9.17, 15) is 0 Å². The zero-order valence-corrected chi connectivity index (χ0v) is 11.1. The number of hydrogen-bond donors (Lipinski definition) is 1. The lowest BCUT2D eigenvalue weighted by atomic mass is 10.1. The van der Waals surface area contributed by atoms with Gasteiger partial charge in [0.15, 0.2) is 0 Å². The molecule has 1 saturated heterocycles. The Hall–Kier alpha value is -0.930. The van der Waals surface area contributed by atoms with Gasteiger partial charge < -0.3 is 15.0 Å². The van der Waals surface area contributed by atoms with E-state index in [1.807, 2.05) is 18.2 Å². The molecule has 0 spiro atoms. The van der Waals surface area contributed by atoms with Gasteiger partial charge in [-0.3, -0.25) is 0 Å². The maximum absolute atomic E-state index is 6.26. The minimum absolute atomic E-state index is 0.547. The monoisotopic (exact) mass is 254 g/mol. The SMILES string of the molecule is CCC1CN(c2cc(OC)ccc2Cl)CCN1. The van der Waals surface area contributed by atoms with Gasteiger partial charge >= 0.3 is 0 Å². The van der Waals surface area contributed by atoms with Crippen molar-refractivity contribution >= 4 is 17.3 Å². The lowest BCUT2D eigenvalue weighted by Crippen LogP contribution is -2.50. The zero-order chi connectivity index (χ0) is 12.3. The molecule has 0 saturated carbocycles. The molecule has 1 aromatic carbocycles. The Morgan fingerprint density at radius 3 is 3.06 bits per heavy atom. The number of benzene rings is 1. The van der Waals surface area contributed by atoms with Gasteiger partial charge in [0.05, 0.1) is 17.8 Å². The lowest BCUT2D eigenvalue weighted by Gasteiger charge is -2.35. The first kappa shape index (κ1) is 12.5. The minimum atomic E-state index is 0.547. The van der Waals surface area contributed by atoms with E-state index < -0.39 is 0 Å². The van der Waals surface area contributed by atoms with E-state index in [1.54, 1.807) is 7.11 Å². The van der Waals surface area contributed by atoms with Crippen molar-refractivity contribution in [2.45, 2.75) is 19.4 Å². The third-order valence-electron chi connectivity index (χ3n) is 3.24. The number of halogens is 1. The van der Waals surface area contributed by atoms with E-state index in [0.29, 0.717) is 6.04 Å². The van der Waals surface area contributed by atoms with E-state index >= 15 is 0 Å². The summed E-state index contributed by atoms with van der Waals surface area (Å²) >= 11 is 6.26. The highest BCUT2D eigenvalue weighted by Crippen LogP contribution is 2.30. The highest BCUT2D eigenvalue weighted by atomic mass is 35.5. The predicted octanol–water partition coefficient (Wildman–Crippen LogP) is 2.54. The Balaban J connectivity index is 2.20. The van der Waals surface area contributed by atoms with Crippen molar-refractivity contribution in [1.29, 1.82) is 0 Å². The summed E-state index contributed by atoms with van der Waals surface area (Å²) in [6.45, 7) is 5.20. The molecule has 0 bridgehead atoms. The molecule has 1 fully saturated rings. The third kappa shape index (κ3) is 2.85. The van der Waals surface area contributed by atoms with Gasteiger partial charge in [-0.05, 0) is 18.6 Å². The Bertz CT molecular complexity index is 384. The molecule has 1 unspecified atom stereocenters. The van der Waals surface area contributed by atoms with Crippen molar-refractivity contribution in [2.75, 3.05) is 31.6 Å². The first-order valence-electron chi connectivity index (χ1n) is 6.06. The van der Waals surface area contributed by atoms with Gasteiger partial charge in [0, 0.05) is 31.7 Å². The first-order chi connectivity index (χ1) is 8.24. The largest absolute Gasteiger partial charge is 0.497 e. The van der Waals surface area contributed by atoms with Crippen LogP contribution in [0.15, 0.2) is 18.2 Å². The van der Waals surface area contributed by atoms with Crippen molar-refractivity contribution in [1.82, 2.24) is 5.32 Å². The Kier molecular flexibility index (Phi) is 4.13. The maximum atomic E-state index is 6.26. The van der Waals surface area contributed by atoms with E-state index in [1.165, 1.54) is 0 Å². The molecular weight excluding hydrogens is 236 g/mol. The summed E-state index contributed by atoms with van der Waals surface area (Å²) in [6.07, 6.45) is 1.14. The van der Waals surface area contributed by atoms with Gasteiger partial charge in [0.1, 0.15) is 5.75 Å². The van der Waals surface area contributed by atoms with Crippen LogP contribution in [0.3, 0.4) is 0 Å². The van der Waals surface area contributed by atoms with Gasteiger partial charge in [0.2, 0.25) is 0 Å². The average molecular weight is 255 g/mol. The van der Waals surface area contributed by atoms with Crippen molar-refractivity contribution in [2.24, 2.45) is 0 Å². The van der Waals surface area contributed by atoms with Crippen LogP contribution < -0.4 is 15.0 Å². The molecule has 1 N–H and O–H groups in total. The van der Waals surface area contributed by atoms with Crippen LogP contribution in [0.4, 0.5) is 5.69 Å². The summed E-state index contributed by atoms with van der Waals surface area (Å²) in [5.41, 5.74) is 1.07. The topological polar surface area (TPSA) is 24.5 Å². The van der Waals surface area contributed by atoms with Crippen LogP contribution in [0.25, 0.3) is 0 Å². The van der Waals surface area contributed by atoms with Crippen molar-refractivity contribution < 1.29 is 4.74 Å². The summed E-state index contributed by atoms with van der Waals surface area (Å²) in [4.78, 5) is 2.33. The molecule has 17 heavy (non-hydrogen) atoms. The van der Waals surface area contributed by atoms with E-state index in [2.05, 4.69) is 17.1 Å². The minimum Gasteiger partial charge on any atom is -0.497 e. The van der Waals surface area contributed by atoms with Crippen LogP contribution in [0.5, 0.6) is 5.75 Å². The Morgan fingerprint density at radius 1 is 1.53 bits per heavy atom. The number of nitrogens with one attached hydrogen (secondary N) is 1. The molecule has 1 heterocycles. The standard InChI is InChI=1S/C13H19ClN2O/c1-3-10-9-16(7-6-15-10)13-8-11(17-2)4-5-12(13)14/h4-5,8,10,15H,3,6-7,9H2,1-2H3. The molecular formula is C13H19ClN2O. The Labute approximate surface area is 108 Å². The highest BCUT2D eigenvalue weighted by Gasteiger charge is 2.20. The summed E-state index contributed by atoms with van der Waals surface area (Å²) in [6, 6.07) is 6.36. The van der Waals surface area contributed by atoms with Crippen LogP contribution >= 0.6 is 11.6 Å². The normalized spacial score (nSPS) is 20.4. The molecule has 4 heteroatoms. The van der Waals surface area contributed by atoms with E-state index in [4.69, 9.17) is 16.3 Å². The molecule has 3 nitrogen and oxygen atoms in total. The summed E-state index contributed by atoms with van der Waals surface area (Å²) < 4.78 is 5.25. The number of rotatable bonds is 3. The quantitative estimate of drug-likeness (QED) is 0.897. The molecule has 1 aromatic rings. The fourth-order valence-corrected chi connectivity index (χ4v) is 2.42. The smallest absolute Gasteiger partial charge is 0.121 e. The molecule has 1 aliphatic rings. The van der Waals surface area contributed by atoms with Gasteiger partial charge in [-0.2, -0.15) is 0 Å². The van der Waals surface area contributed by atoms with Gasteiger partial charge in [0.25, 0.3) is 0 Å². The van der Waals surface area contributed by atoms with Crippen LogP contribution in [-0.2, 0) is 0 Å². The van der Waals surface area contributed by atoms with Gasteiger partial charge in [-0.1, -0.05) is 18.5 Å². The third-order valence-corrected chi connectivity index (χ3v) is 3.56. The van der Waals surface area contributed by atoms with Crippen LogP contribution in [0.2, 0.25) is 5.02 Å². The first-order valence-corrected chi connectivity index (χ1v) is 6.44. The number of anilines is 1. The summed E-state index contributed by atoms with van der Waals surface area (Å²) in [5.74, 6) is 0.857. The van der Waals surface area contributed by atoms with Crippen molar-refractivity contribution in [3.05, 3.63) is 23.2 Å². The number of piperazine rings is 1. The lowest BCUT2D eigenvalue weighted by molar-refractivity contribution is 0.413. The fraction of sp³-hybridized carbons (Fsp3) is 0.538. The number of nitrogens with zero attached hydrogens (tertiary/aromatic N) is 1. The molecule has 0 radical (unpaired) electrons. The molecule has 0 aliphatic carbocycles. The average Bonchev–Trinajstić information content (AvgIpc) is 2.39. The van der Waals surface area contributed by atoms with Crippen molar-refractivity contribution in [3.8, 4) is 5.75 Å². The van der Waals surface area contributed by atoms with Crippen LogP contribution in [0.1, 0.15) is 13.3 Å². The summed E-state index contributed by atoms with van der Waals surface area (Å²) in [5, 5.41) is 4.29. The second-order valence-electron chi connectivity index (χ2n) is 4.32. The maximum Gasteiger partial charge on any atom is 0.121 e. The molecule has 0 aromatic heterocycles. The molecule has 1 aliphatic heterocycles. The second kappa shape index (κ2) is 5.61. The summed E-state index contributed by atoms with van der Waals surface area (Å²) in [7, 11) is 1.68. The molecule has 94 valence electrons. The fourth-order valence-electron chi connectivity index (χ4n) is 2.18. The van der Waals surface area contributed by atoms with E-state index in [-0.39, 0.29) is 0 Å². The van der Waals surface area contributed by atoms with Crippen LogP contribution in [-0.4, -0.2) is 32.8 Å². The molecule has 0 amide bonds. The predicted molar refractivity (Wildman–Crippen MR) is 72.3 cm³/mol. The van der Waals surface area contributed by atoms with Gasteiger partial charge in [-0.25, -0.2) is 0 Å².